The van der Waals surface area contributed by atoms with Crippen molar-refractivity contribution in [1.29, 1.82) is 0 Å². The van der Waals surface area contributed by atoms with Gasteiger partial charge in [0.15, 0.2) is 0 Å². The average Bonchev–Trinajstić information content (AvgIpc) is 3.47. The Balaban J connectivity index is 1.37. The summed E-state index contributed by atoms with van der Waals surface area (Å²) in [6, 6.07) is 4.65. The molecule has 31 heavy (non-hydrogen) atoms. The van der Waals surface area contributed by atoms with E-state index in [4.69, 9.17) is 0 Å². The summed E-state index contributed by atoms with van der Waals surface area (Å²) in [6.45, 7) is -0.0417. The van der Waals surface area contributed by atoms with Crippen LogP contribution in [0.1, 0.15) is 28.8 Å². The largest absolute Gasteiger partial charge is 0.322 e. The molecule has 4 heterocycles. The number of carbonyl (C=O) groups is 3. The molecule has 2 aliphatic heterocycles. The van der Waals surface area contributed by atoms with E-state index in [1.807, 2.05) is 6.07 Å². The van der Waals surface area contributed by atoms with Crippen LogP contribution in [0.15, 0.2) is 36.8 Å². The molecular weight excluding hydrogens is 405 g/mol. The van der Waals surface area contributed by atoms with Gasteiger partial charge in [-0.25, -0.2) is 9.07 Å². The highest BCUT2D eigenvalue weighted by Crippen LogP contribution is 2.29. The smallest absolute Gasteiger partial charge is 0.255 e. The van der Waals surface area contributed by atoms with Crippen LogP contribution in [0.4, 0.5) is 4.39 Å². The number of carbonyl (C=O) groups excluding carboxylic acids is 3. The van der Waals surface area contributed by atoms with Gasteiger partial charge in [0, 0.05) is 30.3 Å². The second-order valence-electron chi connectivity index (χ2n) is 7.47. The first-order valence-electron chi connectivity index (χ1n) is 9.82. The van der Waals surface area contributed by atoms with Gasteiger partial charge < -0.3 is 4.90 Å². The van der Waals surface area contributed by atoms with E-state index in [2.05, 4.69) is 20.7 Å². The summed E-state index contributed by atoms with van der Waals surface area (Å²) < 4.78 is 15.6. The third kappa shape index (κ3) is 3.37. The summed E-state index contributed by atoms with van der Waals surface area (Å²) in [5, 5.41) is 14.7. The van der Waals surface area contributed by atoms with Crippen molar-refractivity contribution in [1.82, 2.24) is 35.0 Å². The average molecular weight is 423 g/mol. The molecule has 158 valence electrons. The van der Waals surface area contributed by atoms with Gasteiger partial charge in [-0.2, -0.15) is 5.10 Å². The summed E-state index contributed by atoms with van der Waals surface area (Å²) in [7, 11) is 0. The Morgan fingerprint density at radius 1 is 1.19 bits per heavy atom. The van der Waals surface area contributed by atoms with E-state index < -0.39 is 18.6 Å². The number of aromatic nitrogens is 5. The Morgan fingerprint density at radius 2 is 2.06 bits per heavy atom. The summed E-state index contributed by atoms with van der Waals surface area (Å²) in [5.74, 6) is -0.979. The fourth-order valence-corrected chi connectivity index (χ4v) is 3.93. The number of benzene rings is 1. The second kappa shape index (κ2) is 7.42. The van der Waals surface area contributed by atoms with E-state index in [9.17, 15) is 18.8 Å². The molecule has 1 aromatic carbocycles. The minimum atomic E-state index is -0.653. The molecule has 1 atom stereocenters. The number of nitrogens with one attached hydrogen (secondary N) is 1. The second-order valence-corrected chi connectivity index (χ2v) is 7.47. The molecule has 0 spiro atoms. The van der Waals surface area contributed by atoms with Gasteiger partial charge in [0.2, 0.25) is 11.8 Å². The van der Waals surface area contributed by atoms with Crippen LogP contribution < -0.4 is 5.32 Å². The predicted octanol–water partition coefficient (Wildman–Crippen LogP) is 0.861. The predicted molar refractivity (Wildman–Crippen MR) is 105 cm³/mol. The Labute approximate surface area is 175 Å². The SMILES string of the molecule is O=C1CCC(N2Cc3cc(-n4cc(-c5cnn(CCF)c5)nn4)ccc3C2=O)C(=O)N1. The van der Waals surface area contributed by atoms with Gasteiger partial charge in [-0.3, -0.25) is 24.4 Å². The standard InChI is InChI=1S/C20H18FN7O3/c21-5-6-26-9-13(8-22-26)16-11-28(25-24-16)14-1-2-15-12(7-14)10-27(20(15)31)17-3-4-18(29)23-19(17)30/h1-2,7-9,11,17H,3-6,10H2,(H,23,29,30). The van der Waals surface area contributed by atoms with E-state index in [1.165, 1.54) is 9.58 Å². The lowest BCUT2D eigenvalue weighted by Gasteiger charge is -2.29. The number of fused-ring (bicyclic) bond motifs is 1. The van der Waals surface area contributed by atoms with Gasteiger partial charge in [-0.1, -0.05) is 5.21 Å². The highest BCUT2D eigenvalue weighted by molar-refractivity contribution is 6.05. The quantitative estimate of drug-likeness (QED) is 0.609. The highest BCUT2D eigenvalue weighted by atomic mass is 19.1. The molecule has 1 fully saturated rings. The van der Waals surface area contributed by atoms with Gasteiger partial charge in [0.05, 0.1) is 24.6 Å². The first-order chi connectivity index (χ1) is 15.0. The molecule has 0 saturated carbocycles. The van der Waals surface area contributed by atoms with Crippen molar-refractivity contribution in [2.75, 3.05) is 6.67 Å². The number of amides is 3. The van der Waals surface area contributed by atoms with E-state index in [1.54, 1.807) is 35.4 Å². The van der Waals surface area contributed by atoms with Crippen molar-refractivity contribution in [3.05, 3.63) is 47.9 Å². The maximum absolute atomic E-state index is 12.8. The molecular formula is C20H18FN7O3. The first-order valence-corrected chi connectivity index (χ1v) is 9.82. The molecule has 0 radical (unpaired) electrons. The molecule has 1 N–H and O–H groups in total. The minimum absolute atomic E-state index is 0.177. The zero-order valence-electron chi connectivity index (χ0n) is 16.4. The number of imide groups is 1. The van der Waals surface area contributed by atoms with E-state index in [-0.39, 0.29) is 31.3 Å². The van der Waals surface area contributed by atoms with Crippen molar-refractivity contribution in [2.45, 2.75) is 32.0 Å². The number of halogens is 1. The Hall–Kier alpha value is -3.89. The fraction of sp³-hybridized carbons (Fsp3) is 0.300. The molecule has 5 rings (SSSR count). The van der Waals surface area contributed by atoms with Gasteiger partial charge >= 0.3 is 0 Å². The van der Waals surface area contributed by atoms with Gasteiger partial charge in [0.1, 0.15) is 18.4 Å². The summed E-state index contributed by atoms with van der Waals surface area (Å²) in [5.41, 5.74) is 3.33. The minimum Gasteiger partial charge on any atom is -0.322 e. The van der Waals surface area contributed by atoms with Crippen molar-refractivity contribution in [3.8, 4) is 16.9 Å². The third-order valence-electron chi connectivity index (χ3n) is 5.51. The third-order valence-corrected chi connectivity index (χ3v) is 5.51. The van der Waals surface area contributed by atoms with Crippen LogP contribution in [0.5, 0.6) is 0 Å². The van der Waals surface area contributed by atoms with Crippen LogP contribution in [0.2, 0.25) is 0 Å². The lowest BCUT2D eigenvalue weighted by atomic mass is 10.0. The van der Waals surface area contributed by atoms with Crippen LogP contribution in [-0.4, -0.2) is 60.1 Å². The van der Waals surface area contributed by atoms with Crippen molar-refractivity contribution in [3.63, 3.8) is 0 Å². The lowest BCUT2D eigenvalue weighted by Crippen LogP contribution is -2.52. The Morgan fingerprint density at radius 3 is 2.87 bits per heavy atom. The number of hydrogen-bond donors (Lipinski definition) is 1. The summed E-state index contributed by atoms with van der Waals surface area (Å²) >= 11 is 0. The van der Waals surface area contributed by atoms with Crippen LogP contribution in [0, 0.1) is 0 Å². The van der Waals surface area contributed by atoms with Crippen molar-refractivity contribution in [2.24, 2.45) is 0 Å². The number of piperidine rings is 1. The summed E-state index contributed by atoms with van der Waals surface area (Å²) in [6.07, 6.45) is 5.56. The highest BCUT2D eigenvalue weighted by Gasteiger charge is 2.39. The van der Waals surface area contributed by atoms with Crippen molar-refractivity contribution >= 4 is 17.7 Å². The monoisotopic (exact) mass is 423 g/mol. The molecule has 0 bridgehead atoms. The molecule has 2 aliphatic rings. The van der Waals surface area contributed by atoms with Crippen LogP contribution in [-0.2, 0) is 22.7 Å². The molecule has 3 amide bonds. The Bertz CT molecular complexity index is 1200. The normalized spacial score (nSPS) is 18.4. The fourth-order valence-electron chi connectivity index (χ4n) is 3.93. The number of nitrogens with zero attached hydrogens (tertiary/aromatic N) is 6. The zero-order valence-corrected chi connectivity index (χ0v) is 16.4. The summed E-state index contributed by atoms with van der Waals surface area (Å²) in [4.78, 5) is 37.9. The molecule has 11 heteroatoms. The maximum Gasteiger partial charge on any atom is 0.255 e. The molecule has 10 nitrogen and oxygen atoms in total. The molecule has 1 unspecified atom stereocenters. The topological polar surface area (TPSA) is 115 Å². The van der Waals surface area contributed by atoms with Crippen molar-refractivity contribution < 1.29 is 18.8 Å². The van der Waals surface area contributed by atoms with Crippen LogP contribution >= 0.6 is 0 Å². The Kier molecular flexibility index (Phi) is 4.57. The number of aryl methyl sites for hydroxylation is 1. The lowest BCUT2D eigenvalue weighted by molar-refractivity contribution is -0.136. The zero-order chi connectivity index (χ0) is 21.5. The molecule has 0 aliphatic carbocycles. The van der Waals surface area contributed by atoms with Gasteiger partial charge in [0.25, 0.3) is 5.91 Å². The number of alkyl halides is 1. The maximum atomic E-state index is 12.8. The van der Waals surface area contributed by atoms with Gasteiger partial charge in [-0.05, 0) is 30.2 Å². The van der Waals surface area contributed by atoms with E-state index in [0.717, 1.165) is 11.1 Å². The molecule has 3 aromatic rings. The number of hydrogen-bond acceptors (Lipinski definition) is 6. The molecule has 1 saturated heterocycles. The van der Waals surface area contributed by atoms with Gasteiger partial charge in [-0.15, -0.1) is 5.10 Å². The first kappa shape index (κ1) is 19.1. The van der Waals surface area contributed by atoms with E-state index >= 15 is 0 Å². The van der Waals surface area contributed by atoms with Crippen LogP contribution in [0.3, 0.4) is 0 Å². The van der Waals surface area contributed by atoms with Crippen LogP contribution in [0.25, 0.3) is 16.9 Å². The van der Waals surface area contributed by atoms with E-state index in [0.29, 0.717) is 23.4 Å². The molecule has 2 aromatic heterocycles. The number of rotatable bonds is 5.